The van der Waals surface area contributed by atoms with Crippen molar-refractivity contribution in [2.75, 3.05) is 25.6 Å². The van der Waals surface area contributed by atoms with Crippen molar-refractivity contribution in [1.29, 1.82) is 0 Å². The van der Waals surface area contributed by atoms with Crippen molar-refractivity contribution in [1.82, 2.24) is 4.31 Å². The summed E-state index contributed by atoms with van der Waals surface area (Å²) >= 11 is 0. The van der Waals surface area contributed by atoms with Crippen LogP contribution in [0.3, 0.4) is 0 Å². The molecular formula is C28H36N2O5S. The lowest BCUT2D eigenvalue weighted by atomic mass is 9.94. The van der Waals surface area contributed by atoms with Crippen molar-refractivity contribution in [3.05, 3.63) is 78.4 Å². The Labute approximate surface area is 216 Å². The average molecular weight is 513 g/mol. The molecule has 2 aliphatic rings. The molecule has 1 atom stereocenters. The molecule has 0 radical (unpaired) electrons. The third-order valence-corrected chi connectivity index (χ3v) is 9.22. The Hall–Kier alpha value is -3.20. The molecule has 1 aliphatic heterocycles. The van der Waals surface area contributed by atoms with E-state index in [9.17, 15) is 18.3 Å². The molecule has 1 aliphatic carbocycles. The fraction of sp³-hybridized carbons (Fsp3) is 0.321. The Morgan fingerprint density at radius 3 is 2.53 bits per heavy atom. The highest BCUT2D eigenvalue weighted by Crippen LogP contribution is 2.49. The van der Waals surface area contributed by atoms with Gasteiger partial charge in [-0.3, -0.25) is 4.79 Å². The van der Waals surface area contributed by atoms with Crippen LogP contribution < -0.4 is 10.1 Å². The van der Waals surface area contributed by atoms with Gasteiger partial charge in [-0.2, -0.15) is 4.31 Å². The number of hydrogen-bond donors (Lipinski definition) is 2. The number of carbonyl (C=O) groups is 1. The van der Waals surface area contributed by atoms with E-state index in [1.54, 1.807) is 31.4 Å². The Kier molecular flexibility index (Phi) is 6.59. The summed E-state index contributed by atoms with van der Waals surface area (Å²) in [7, 11) is -2.04. The van der Waals surface area contributed by atoms with Gasteiger partial charge >= 0.3 is 0 Å². The number of amides is 1. The SMILES string of the molecule is COc1cccc(C2(C(=O)Nc3cccc(-c4ccc(S(=O)(=O)N5CCC[C@@H]5CO)cc4)c3)CC2)c1.[HH].[HH].[HH]. The normalized spacial score (nSPS) is 19.1. The maximum Gasteiger partial charge on any atom is 0.243 e. The van der Waals surface area contributed by atoms with Crippen molar-refractivity contribution in [2.24, 2.45) is 0 Å². The van der Waals surface area contributed by atoms with Crippen LogP contribution in [0.1, 0.15) is 35.5 Å². The average Bonchev–Trinajstić information content (AvgIpc) is 3.58. The molecule has 3 aromatic rings. The second kappa shape index (κ2) is 9.69. The van der Waals surface area contributed by atoms with Gasteiger partial charge in [0.2, 0.25) is 15.9 Å². The predicted molar refractivity (Wildman–Crippen MR) is 145 cm³/mol. The van der Waals surface area contributed by atoms with Crippen LogP contribution >= 0.6 is 0 Å². The molecule has 2 fully saturated rings. The summed E-state index contributed by atoms with van der Waals surface area (Å²) in [6.07, 6.45) is 3.00. The highest BCUT2D eigenvalue weighted by molar-refractivity contribution is 7.89. The Morgan fingerprint density at radius 2 is 1.83 bits per heavy atom. The first kappa shape index (κ1) is 24.5. The Bertz CT molecular complexity index is 1380. The summed E-state index contributed by atoms with van der Waals surface area (Å²) in [6.45, 7) is 0.253. The molecule has 0 bridgehead atoms. The number of nitrogens with one attached hydrogen (secondary N) is 1. The minimum Gasteiger partial charge on any atom is -0.497 e. The highest BCUT2D eigenvalue weighted by Gasteiger charge is 2.51. The Balaban J connectivity index is 0.00000178. The smallest absolute Gasteiger partial charge is 0.243 e. The van der Waals surface area contributed by atoms with Gasteiger partial charge in [0.1, 0.15) is 5.75 Å². The molecule has 36 heavy (non-hydrogen) atoms. The number of methoxy groups -OCH3 is 1. The van der Waals surface area contributed by atoms with Crippen molar-refractivity contribution >= 4 is 21.6 Å². The van der Waals surface area contributed by atoms with Gasteiger partial charge in [0.25, 0.3) is 0 Å². The number of ether oxygens (including phenoxy) is 1. The molecule has 2 N–H and O–H groups in total. The quantitative estimate of drug-likeness (QED) is 0.447. The zero-order valence-corrected chi connectivity index (χ0v) is 21.0. The molecule has 194 valence electrons. The van der Waals surface area contributed by atoms with Gasteiger partial charge in [0, 0.05) is 22.6 Å². The molecule has 1 amide bonds. The number of carbonyl (C=O) groups excluding carboxylic acids is 1. The summed E-state index contributed by atoms with van der Waals surface area (Å²) in [6, 6.07) is 21.6. The zero-order valence-electron chi connectivity index (χ0n) is 20.2. The van der Waals surface area contributed by atoms with Gasteiger partial charge in [0.05, 0.1) is 24.0 Å². The van der Waals surface area contributed by atoms with Crippen LogP contribution in [0.2, 0.25) is 0 Å². The van der Waals surface area contributed by atoms with Gasteiger partial charge in [-0.25, -0.2) is 8.42 Å². The second-order valence-corrected chi connectivity index (χ2v) is 11.4. The number of sulfonamides is 1. The molecule has 5 rings (SSSR count). The van der Waals surface area contributed by atoms with E-state index in [4.69, 9.17) is 4.74 Å². The lowest BCUT2D eigenvalue weighted by Crippen LogP contribution is -2.37. The van der Waals surface area contributed by atoms with Crippen molar-refractivity contribution in [2.45, 2.75) is 42.0 Å². The fourth-order valence-electron chi connectivity index (χ4n) is 4.98. The Morgan fingerprint density at radius 1 is 1.08 bits per heavy atom. The highest BCUT2D eigenvalue weighted by atomic mass is 32.2. The zero-order chi connectivity index (χ0) is 25.3. The van der Waals surface area contributed by atoms with Gasteiger partial charge in [-0.1, -0.05) is 36.4 Å². The monoisotopic (exact) mass is 512 g/mol. The molecule has 8 heteroatoms. The lowest BCUT2D eigenvalue weighted by Gasteiger charge is -2.22. The van der Waals surface area contributed by atoms with Crippen LogP contribution in [-0.4, -0.2) is 50.0 Å². The van der Waals surface area contributed by atoms with Crippen LogP contribution in [0.4, 0.5) is 5.69 Å². The topological polar surface area (TPSA) is 95.9 Å². The molecule has 1 saturated heterocycles. The molecular weight excluding hydrogens is 476 g/mol. The number of aliphatic hydroxyl groups is 1. The molecule has 3 aromatic carbocycles. The number of nitrogens with zero attached hydrogens (tertiary/aromatic N) is 1. The summed E-state index contributed by atoms with van der Waals surface area (Å²) in [5.74, 6) is 0.689. The minimum atomic E-state index is -3.66. The van der Waals surface area contributed by atoms with E-state index in [1.807, 2.05) is 48.5 Å². The molecule has 1 heterocycles. The van der Waals surface area contributed by atoms with E-state index < -0.39 is 15.4 Å². The lowest BCUT2D eigenvalue weighted by molar-refractivity contribution is -0.118. The number of anilines is 1. The number of aliphatic hydroxyl groups excluding tert-OH is 1. The second-order valence-electron chi connectivity index (χ2n) is 9.47. The van der Waals surface area contributed by atoms with Crippen LogP contribution in [0.15, 0.2) is 77.7 Å². The first-order chi connectivity index (χ1) is 17.4. The largest absolute Gasteiger partial charge is 0.497 e. The molecule has 0 unspecified atom stereocenters. The summed E-state index contributed by atoms with van der Waals surface area (Å²) < 4.78 is 32.8. The summed E-state index contributed by atoms with van der Waals surface area (Å²) in [5, 5.41) is 12.6. The van der Waals surface area contributed by atoms with Gasteiger partial charge < -0.3 is 15.2 Å². The van der Waals surface area contributed by atoms with Gasteiger partial charge in [0.15, 0.2) is 0 Å². The third kappa shape index (κ3) is 4.52. The molecule has 0 aromatic heterocycles. The number of rotatable bonds is 8. The fourth-order valence-corrected chi connectivity index (χ4v) is 6.67. The van der Waals surface area contributed by atoms with E-state index in [-0.39, 0.29) is 27.7 Å². The summed E-state index contributed by atoms with van der Waals surface area (Å²) in [4.78, 5) is 13.4. The van der Waals surface area contributed by atoms with Crippen molar-refractivity contribution < 1.29 is 27.3 Å². The van der Waals surface area contributed by atoms with E-state index in [0.717, 1.165) is 41.7 Å². The standard InChI is InChI=1S/C28H30N2O5S.3H2/c1-35-25-9-3-6-22(18-25)28(14-15-28)27(32)29-23-7-2-5-21(17-23)20-10-12-26(13-11-20)36(33,34)30-16-4-8-24(30)19-31;;;/h2-3,5-7,9-13,17-18,24,31H,4,8,14-16,19H2,1H3,(H,29,32);3*1H/t24-;;;/m1.../s1. The first-order valence-electron chi connectivity index (χ1n) is 12.2. The molecule has 7 nitrogen and oxygen atoms in total. The molecule has 1 saturated carbocycles. The van der Waals surface area contributed by atoms with E-state index in [1.165, 1.54) is 4.31 Å². The van der Waals surface area contributed by atoms with E-state index >= 15 is 0 Å². The predicted octanol–water partition coefficient (Wildman–Crippen LogP) is 4.92. The molecule has 0 spiro atoms. The maximum atomic E-state index is 13.2. The minimum absolute atomic E-state index is 0. The van der Waals surface area contributed by atoms with Gasteiger partial charge in [-0.05, 0) is 78.8 Å². The third-order valence-electron chi connectivity index (χ3n) is 7.26. The summed E-state index contributed by atoms with van der Waals surface area (Å²) in [5.41, 5.74) is 2.82. The van der Waals surface area contributed by atoms with Crippen molar-refractivity contribution in [3.8, 4) is 16.9 Å². The van der Waals surface area contributed by atoms with Crippen LogP contribution in [0, 0.1) is 0 Å². The van der Waals surface area contributed by atoms with Crippen molar-refractivity contribution in [3.63, 3.8) is 0 Å². The first-order valence-corrected chi connectivity index (χ1v) is 13.6. The number of hydrogen-bond acceptors (Lipinski definition) is 5. The van der Waals surface area contributed by atoms with Crippen LogP contribution in [0.25, 0.3) is 11.1 Å². The van der Waals surface area contributed by atoms with E-state index in [0.29, 0.717) is 18.7 Å². The number of benzene rings is 3. The van der Waals surface area contributed by atoms with Crippen LogP contribution in [-0.2, 0) is 20.2 Å². The van der Waals surface area contributed by atoms with Crippen LogP contribution in [0.5, 0.6) is 5.75 Å². The van der Waals surface area contributed by atoms with E-state index in [2.05, 4.69) is 5.32 Å². The van der Waals surface area contributed by atoms with Gasteiger partial charge in [-0.15, -0.1) is 0 Å². The maximum absolute atomic E-state index is 13.2.